The molecule has 0 amide bonds. The second kappa shape index (κ2) is 11.8. The van der Waals surface area contributed by atoms with Crippen molar-refractivity contribution in [2.75, 3.05) is 40.0 Å². The van der Waals surface area contributed by atoms with Crippen LogP contribution in [0, 0.1) is 0 Å². The van der Waals surface area contributed by atoms with Gasteiger partial charge in [-0.3, -0.25) is 4.99 Å². The van der Waals surface area contributed by atoms with E-state index in [1.54, 1.807) is 7.11 Å². The Balaban J connectivity index is 2.19. The highest BCUT2D eigenvalue weighted by molar-refractivity contribution is 5.80. The van der Waals surface area contributed by atoms with Crippen LogP contribution in [0.25, 0.3) is 0 Å². The Labute approximate surface area is 128 Å². The van der Waals surface area contributed by atoms with Gasteiger partial charge in [0.05, 0.1) is 19.3 Å². The molecule has 6 nitrogen and oxygen atoms in total. The Morgan fingerprint density at radius 2 is 1.95 bits per heavy atom. The van der Waals surface area contributed by atoms with Crippen LogP contribution in [-0.4, -0.2) is 63.2 Å². The Bertz CT molecular complexity index is 279. The molecule has 0 aliphatic heterocycles. The average molecular weight is 301 g/mol. The predicted octanol–water partition coefficient (Wildman–Crippen LogP) is 0.898. The third-order valence-electron chi connectivity index (χ3n) is 3.53. The van der Waals surface area contributed by atoms with Gasteiger partial charge in [-0.05, 0) is 39.0 Å². The molecule has 0 atom stereocenters. The van der Waals surface area contributed by atoms with Gasteiger partial charge in [0, 0.05) is 32.8 Å². The van der Waals surface area contributed by atoms with Gasteiger partial charge in [0.2, 0.25) is 0 Å². The molecular formula is C15H31N3O3. The summed E-state index contributed by atoms with van der Waals surface area (Å²) >= 11 is 0. The van der Waals surface area contributed by atoms with Crippen molar-refractivity contribution in [3.8, 4) is 0 Å². The number of aliphatic hydroxyl groups excluding tert-OH is 1. The Morgan fingerprint density at radius 1 is 1.19 bits per heavy atom. The van der Waals surface area contributed by atoms with E-state index >= 15 is 0 Å². The maximum absolute atomic E-state index is 9.53. The van der Waals surface area contributed by atoms with Crippen molar-refractivity contribution in [1.29, 1.82) is 0 Å². The number of ether oxygens (including phenoxy) is 2. The van der Waals surface area contributed by atoms with Crippen LogP contribution in [0.15, 0.2) is 4.99 Å². The van der Waals surface area contributed by atoms with Crippen molar-refractivity contribution in [3.05, 3.63) is 0 Å². The number of rotatable bonds is 9. The molecule has 0 unspecified atom stereocenters. The largest absolute Gasteiger partial charge is 0.393 e. The lowest BCUT2D eigenvalue weighted by Crippen LogP contribution is -2.45. The third-order valence-corrected chi connectivity index (χ3v) is 3.53. The lowest BCUT2D eigenvalue weighted by Gasteiger charge is -2.27. The molecule has 0 spiro atoms. The zero-order valence-corrected chi connectivity index (χ0v) is 13.4. The summed E-state index contributed by atoms with van der Waals surface area (Å²) < 4.78 is 10.3. The number of nitrogens with zero attached hydrogens (tertiary/aromatic N) is 1. The molecule has 0 aromatic heterocycles. The number of hydrogen-bond donors (Lipinski definition) is 3. The maximum atomic E-state index is 9.53. The van der Waals surface area contributed by atoms with E-state index in [1.165, 1.54) is 0 Å². The van der Waals surface area contributed by atoms with Gasteiger partial charge in [-0.1, -0.05) is 0 Å². The molecule has 1 fully saturated rings. The van der Waals surface area contributed by atoms with Crippen molar-refractivity contribution >= 4 is 5.96 Å². The summed E-state index contributed by atoms with van der Waals surface area (Å²) in [6, 6.07) is 0.421. The number of methoxy groups -OCH3 is 1. The molecule has 0 aromatic rings. The minimum atomic E-state index is -0.119. The zero-order chi connectivity index (χ0) is 15.3. The minimum Gasteiger partial charge on any atom is -0.393 e. The first-order chi connectivity index (χ1) is 10.3. The quantitative estimate of drug-likeness (QED) is 0.335. The molecule has 3 N–H and O–H groups in total. The summed E-state index contributed by atoms with van der Waals surface area (Å²) in [5.41, 5.74) is 0. The maximum Gasteiger partial charge on any atom is 0.191 e. The molecule has 0 saturated heterocycles. The Morgan fingerprint density at radius 3 is 2.62 bits per heavy atom. The van der Waals surface area contributed by atoms with E-state index in [0.717, 1.165) is 51.2 Å². The first kappa shape index (κ1) is 18.2. The van der Waals surface area contributed by atoms with E-state index in [2.05, 4.69) is 22.5 Å². The molecule has 1 rings (SSSR count). The smallest absolute Gasteiger partial charge is 0.191 e. The fourth-order valence-corrected chi connectivity index (χ4v) is 2.34. The number of guanidine groups is 1. The van der Waals surface area contributed by atoms with Crippen LogP contribution in [0.1, 0.15) is 39.0 Å². The van der Waals surface area contributed by atoms with Gasteiger partial charge in [-0.25, -0.2) is 0 Å². The van der Waals surface area contributed by atoms with Crippen LogP contribution in [-0.2, 0) is 9.47 Å². The standard InChI is InChI=1S/C15H31N3O3/c1-3-16-15(17-9-4-10-21-12-11-20-2)18-13-5-7-14(19)8-6-13/h13-14,19H,3-12H2,1-2H3,(H2,16,17,18). The van der Waals surface area contributed by atoms with Gasteiger partial charge in [0.1, 0.15) is 0 Å². The summed E-state index contributed by atoms with van der Waals surface area (Å²) in [6.45, 7) is 5.66. The first-order valence-electron chi connectivity index (χ1n) is 8.05. The van der Waals surface area contributed by atoms with E-state index < -0.39 is 0 Å². The molecule has 0 heterocycles. The molecular weight excluding hydrogens is 270 g/mol. The Kier molecular flexibility index (Phi) is 10.2. The average Bonchev–Trinajstić information content (AvgIpc) is 2.49. The highest BCUT2D eigenvalue weighted by atomic mass is 16.5. The lowest BCUT2D eigenvalue weighted by atomic mass is 9.93. The molecule has 6 heteroatoms. The van der Waals surface area contributed by atoms with E-state index in [0.29, 0.717) is 25.9 Å². The van der Waals surface area contributed by atoms with Gasteiger partial charge in [0.15, 0.2) is 5.96 Å². The number of nitrogens with one attached hydrogen (secondary N) is 2. The number of hydrogen-bond acceptors (Lipinski definition) is 4. The SMILES string of the molecule is CCNC(=NCCCOCCOC)NC1CCC(O)CC1. The van der Waals surface area contributed by atoms with Gasteiger partial charge in [-0.15, -0.1) is 0 Å². The normalized spacial score (nSPS) is 23.1. The predicted molar refractivity (Wildman–Crippen MR) is 84.7 cm³/mol. The summed E-state index contributed by atoms with van der Waals surface area (Å²) in [4.78, 5) is 4.57. The highest BCUT2D eigenvalue weighted by Gasteiger charge is 2.19. The van der Waals surface area contributed by atoms with Crippen molar-refractivity contribution in [1.82, 2.24) is 10.6 Å². The molecule has 1 aliphatic carbocycles. The second-order valence-corrected chi connectivity index (χ2v) is 5.37. The number of aliphatic imine (C=N–C) groups is 1. The fourth-order valence-electron chi connectivity index (χ4n) is 2.34. The summed E-state index contributed by atoms with van der Waals surface area (Å²) in [5, 5.41) is 16.3. The van der Waals surface area contributed by atoms with Gasteiger partial charge >= 0.3 is 0 Å². The van der Waals surface area contributed by atoms with Crippen molar-refractivity contribution in [2.45, 2.75) is 51.2 Å². The topological polar surface area (TPSA) is 75.1 Å². The first-order valence-corrected chi connectivity index (χ1v) is 8.05. The van der Waals surface area contributed by atoms with Crippen molar-refractivity contribution in [3.63, 3.8) is 0 Å². The van der Waals surface area contributed by atoms with E-state index in [9.17, 15) is 5.11 Å². The van der Waals surface area contributed by atoms with Crippen LogP contribution in [0.5, 0.6) is 0 Å². The highest BCUT2D eigenvalue weighted by Crippen LogP contribution is 2.18. The molecule has 1 aliphatic rings. The monoisotopic (exact) mass is 301 g/mol. The Hall–Kier alpha value is -0.850. The minimum absolute atomic E-state index is 0.119. The molecule has 21 heavy (non-hydrogen) atoms. The lowest BCUT2D eigenvalue weighted by molar-refractivity contribution is 0.0702. The fraction of sp³-hybridized carbons (Fsp3) is 0.933. The summed E-state index contributed by atoms with van der Waals surface area (Å²) in [5.74, 6) is 0.871. The van der Waals surface area contributed by atoms with Crippen LogP contribution in [0.4, 0.5) is 0 Å². The van der Waals surface area contributed by atoms with Gasteiger partial charge < -0.3 is 25.2 Å². The van der Waals surface area contributed by atoms with Crippen molar-refractivity contribution in [2.24, 2.45) is 4.99 Å². The van der Waals surface area contributed by atoms with Crippen LogP contribution in [0.3, 0.4) is 0 Å². The second-order valence-electron chi connectivity index (χ2n) is 5.37. The molecule has 1 saturated carbocycles. The van der Waals surface area contributed by atoms with E-state index in [1.807, 2.05) is 0 Å². The third kappa shape index (κ3) is 8.90. The van der Waals surface area contributed by atoms with E-state index in [4.69, 9.17) is 9.47 Å². The van der Waals surface area contributed by atoms with Crippen LogP contribution in [0.2, 0.25) is 0 Å². The summed E-state index contributed by atoms with van der Waals surface area (Å²) in [6.07, 6.45) is 4.56. The van der Waals surface area contributed by atoms with Crippen molar-refractivity contribution < 1.29 is 14.6 Å². The molecule has 124 valence electrons. The molecule has 0 aromatic carbocycles. The zero-order valence-electron chi connectivity index (χ0n) is 13.4. The molecule has 0 radical (unpaired) electrons. The summed E-state index contributed by atoms with van der Waals surface area (Å²) in [7, 11) is 1.67. The molecule has 0 bridgehead atoms. The van der Waals surface area contributed by atoms with Gasteiger partial charge in [-0.2, -0.15) is 0 Å². The van der Waals surface area contributed by atoms with Crippen LogP contribution >= 0.6 is 0 Å². The van der Waals surface area contributed by atoms with Gasteiger partial charge in [0.25, 0.3) is 0 Å². The number of aliphatic hydroxyl groups is 1. The van der Waals surface area contributed by atoms with Crippen LogP contribution < -0.4 is 10.6 Å². The van der Waals surface area contributed by atoms with E-state index in [-0.39, 0.29) is 6.10 Å².